The van der Waals surface area contributed by atoms with Crippen molar-refractivity contribution in [3.05, 3.63) is 28.8 Å². The van der Waals surface area contributed by atoms with Gasteiger partial charge in [0.1, 0.15) is 0 Å². The summed E-state index contributed by atoms with van der Waals surface area (Å²) in [7, 11) is 1.29. The van der Waals surface area contributed by atoms with Crippen LogP contribution in [0.1, 0.15) is 36.5 Å². The number of carbonyl (C=O) groups is 3. The molecule has 0 saturated heterocycles. The Balaban J connectivity index is 2.07. The highest BCUT2D eigenvalue weighted by atomic mass is 35.5. The summed E-state index contributed by atoms with van der Waals surface area (Å²) in [5.41, 5.74) is 0.728. The average molecular weight is 353 g/mol. The van der Waals surface area contributed by atoms with Gasteiger partial charge in [-0.15, -0.1) is 0 Å². The van der Waals surface area contributed by atoms with Crippen molar-refractivity contribution < 1.29 is 19.1 Å². The zero-order chi connectivity index (χ0) is 17.7. The lowest BCUT2D eigenvalue weighted by Gasteiger charge is -2.26. The van der Waals surface area contributed by atoms with Gasteiger partial charge in [-0.2, -0.15) is 0 Å². The first-order valence-corrected chi connectivity index (χ1v) is 8.25. The molecule has 1 saturated carbocycles. The Kier molecular flexibility index (Phi) is 6.20. The van der Waals surface area contributed by atoms with Gasteiger partial charge in [0.2, 0.25) is 11.8 Å². The van der Waals surface area contributed by atoms with Crippen LogP contribution in [0, 0.1) is 5.92 Å². The first-order valence-electron chi connectivity index (χ1n) is 7.87. The van der Waals surface area contributed by atoms with Crippen molar-refractivity contribution in [2.24, 2.45) is 5.92 Å². The highest BCUT2D eigenvalue weighted by Gasteiger charge is 2.25. The maximum absolute atomic E-state index is 12.0. The van der Waals surface area contributed by atoms with Gasteiger partial charge in [-0.1, -0.05) is 18.0 Å². The highest BCUT2D eigenvalue weighted by molar-refractivity contribution is 6.34. The average Bonchev–Trinajstić information content (AvgIpc) is 2.49. The van der Waals surface area contributed by atoms with Crippen LogP contribution >= 0.6 is 11.6 Å². The molecule has 6 nitrogen and oxygen atoms in total. The van der Waals surface area contributed by atoms with Gasteiger partial charge in [0.05, 0.1) is 23.4 Å². The molecule has 1 aromatic carbocycles. The third kappa shape index (κ3) is 4.26. The highest BCUT2D eigenvalue weighted by Crippen LogP contribution is 2.28. The third-order valence-electron chi connectivity index (χ3n) is 4.15. The van der Waals surface area contributed by atoms with Crippen LogP contribution in [0.3, 0.4) is 0 Å². The number of hydrogen-bond acceptors (Lipinski definition) is 4. The van der Waals surface area contributed by atoms with E-state index >= 15 is 0 Å². The molecule has 2 rings (SSSR count). The lowest BCUT2D eigenvalue weighted by molar-refractivity contribution is -0.127. The minimum absolute atomic E-state index is 0.0270. The van der Waals surface area contributed by atoms with Crippen molar-refractivity contribution in [3.63, 3.8) is 0 Å². The standard InChI is InChI=1S/C17H21ClN2O4/c1-11(21)20(9-8-19-16(22)12-4-3-5-12)15-10-13(17(23)24-2)6-7-14(15)18/h6-7,10,12H,3-5,8-9H2,1-2H3,(H,19,22). The van der Waals surface area contributed by atoms with E-state index in [1.807, 2.05) is 0 Å². The first-order chi connectivity index (χ1) is 11.4. The molecular formula is C17H21ClN2O4. The topological polar surface area (TPSA) is 75.7 Å². The first kappa shape index (κ1) is 18.3. The SMILES string of the molecule is COC(=O)c1ccc(Cl)c(N(CCNC(=O)C2CCC2)C(C)=O)c1. The van der Waals surface area contributed by atoms with Crippen LogP contribution in [0.25, 0.3) is 0 Å². The van der Waals surface area contributed by atoms with Gasteiger partial charge in [-0.3, -0.25) is 9.59 Å². The maximum Gasteiger partial charge on any atom is 0.337 e. The second-order valence-corrected chi connectivity index (χ2v) is 6.15. The summed E-state index contributed by atoms with van der Waals surface area (Å²) < 4.78 is 4.69. The number of nitrogens with zero attached hydrogens (tertiary/aromatic N) is 1. The summed E-state index contributed by atoms with van der Waals surface area (Å²) in [6.07, 6.45) is 2.94. The van der Waals surface area contributed by atoms with Crippen molar-refractivity contribution >= 4 is 35.1 Å². The van der Waals surface area contributed by atoms with Crippen LogP contribution in [0.4, 0.5) is 5.69 Å². The minimum Gasteiger partial charge on any atom is -0.465 e. The Morgan fingerprint density at radius 2 is 2.04 bits per heavy atom. The second kappa shape index (κ2) is 8.15. The third-order valence-corrected chi connectivity index (χ3v) is 4.47. The van der Waals surface area contributed by atoms with Crippen molar-refractivity contribution in [1.82, 2.24) is 5.32 Å². The quantitative estimate of drug-likeness (QED) is 0.798. The monoisotopic (exact) mass is 352 g/mol. The van der Waals surface area contributed by atoms with Gasteiger partial charge in [0.25, 0.3) is 0 Å². The van der Waals surface area contributed by atoms with E-state index in [4.69, 9.17) is 11.6 Å². The van der Waals surface area contributed by atoms with Crippen LogP contribution in [0.15, 0.2) is 18.2 Å². The summed E-state index contributed by atoms with van der Waals surface area (Å²) in [6, 6.07) is 4.60. The molecule has 0 heterocycles. The van der Waals surface area contributed by atoms with E-state index in [0.29, 0.717) is 22.8 Å². The van der Waals surface area contributed by atoms with Gasteiger partial charge in [-0.05, 0) is 31.0 Å². The predicted molar refractivity (Wildman–Crippen MR) is 91.2 cm³/mol. The molecule has 0 bridgehead atoms. The van der Waals surface area contributed by atoms with E-state index < -0.39 is 5.97 Å². The summed E-state index contributed by atoms with van der Waals surface area (Å²) >= 11 is 6.17. The number of ether oxygens (including phenoxy) is 1. The van der Waals surface area contributed by atoms with Gasteiger partial charge in [-0.25, -0.2) is 4.79 Å². The number of carbonyl (C=O) groups excluding carboxylic acids is 3. The van der Waals surface area contributed by atoms with E-state index in [9.17, 15) is 14.4 Å². The number of anilines is 1. The Labute approximate surface area is 146 Å². The minimum atomic E-state index is -0.505. The number of benzene rings is 1. The zero-order valence-corrected chi connectivity index (χ0v) is 14.6. The molecule has 2 amide bonds. The fourth-order valence-corrected chi connectivity index (χ4v) is 2.74. The molecule has 1 aromatic rings. The summed E-state index contributed by atoms with van der Waals surface area (Å²) in [5, 5.41) is 3.19. The Morgan fingerprint density at radius 1 is 1.33 bits per heavy atom. The van der Waals surface area contributed by atoms with Crippen LogP contribution in [-0.2, 0) is 14.3 Å². The normalized spacial score (nSPS) is 13.8. The van der Waals surface area contributed by atoms with Gasteiger partial charge in [0.15, 0.2) is 0 Å². The maximum atomic E-state index is 12.0. The fourth-order valence-electron chi connectivity index (χ4n) is 2.52. The van der Waals surface area contributed by atoms with Crippen molar-refractivity contribution in [2.75, 3.05) is 25.1 Å². The Hall–Kier alpha value is -2.08. The molecular weight excluding hydrogens is 332 g/mol. The van der Waals surface area contributed by atoms with Crippen molar-refractivity contribution in [2.45, 2.75) is 26.2 Å². The number of halogens is 1. The Bertz CT molecular complexity index is 643. The molecule has 130 valence electrons. The largest absolute Gasteiger partial charge is 0.465 e. The molecule has 0 radical (unpaired) electrons. The number of rotatable bonds is 6. The van der Waals surface area contributed by atoms with E-state index in [0.717, 1.165) is 19.3 Å². The molecule has 0 unspecified atom stereocenters. The van der Waals surface area contributed by atoms with E-state index in [1.165, 1.54) is 31.1 Å². The van der Waals surface area contributed by atoms with Crippen LogP contribution in [0.2, 0.25) is 5.02 Å². The van der Waals surface area contributed by atoms with Crippen LogP contribution in [0.5, 0.6) is 0 Å². The molecule has 24 heavy (non-hydrogen) atoms. The lowest BCUT2D eigenvalue weighted by Crippen LogP contribution is -2.41. The summed E-state index contributed by atoms with van der Waals surface area (Å²) in [6.45, 7) is 2.01. The molecule has 7 heteroatoms. The summed E-state index contributed by atoms with van der Waals surface area (Å²) in [4.78, 5) is 36.9. The molecule has 1 N–H and O–H groups in total. The fraction of sp³-hybridized carbons (Fsp3) is 0.471. The number of esters is 1. The Morgan fingerprint density at radius 3 is 2.58 bits per heavy atom. The van der Waals surface area contributed by atoms with Crippen molar-refractivity contribution in [3.8, 4) is 0 Å². The molecule has 0 spiro atoms. The molecule has 0 aromatic heterocycles. The lowest BCUT2D eigenvalue weighted by atomic mass is 9.85. The van der Waals surface area contributed by atoms with Crippen LogP contribution < -0.4 is 10.2 Å². The molecule has 1 aliphatic carbocycles. The van der Waals surface area contributed by atoms with Gasteiger partial charge < -0.3 is 15.0 Å². The molecule has 1 fully saturated rings. The van der Waals surface area contributed by atoms with Gasteiger partial charge in [0, 0.05) is 25.9 Å². The van der Waals surface area contributed by atoms with Crippen LogP contribution in [-0.4, -0.2) is 38.0 Å². The van der Waals surface area contributed by atoms with Gasteiger partial charge >= 0.3 is 5.97 Å². The predicted octanol–water partition coefficient (Wildman–Crippen LogP) is 2.40. The smallest absolute Gasteiger partial charge is 0.337 e. The summed E-state index contributed by atoms with van der Waals surface area (Å²) in [5.74, 6) is -0.604. The number of methoxy groups -OCH3 is 1. The zero-order valence-electron chi connectivity index (χ0n) is 13.8. The van der Waals surface area contributed by atoms with E-state index in [2.05, 4.69) is 10.1 Å². The molecule has 1 aliphatic rings. The van der Waals surface area contributed by atoms with E-state index in [1.54, 1.807) is 6.07 Å². The molecule has 0 atom stereocenters. The van der Waals surface area contributed by atoms with Crippen molar-refractivity contribution in [1.29, 1.82) is 0 Å². The number of nitrogens with one attached hydrogen (secondary N) is 1. The van der Waals surface area contributed by atoms with E-state index in [-0.39, 0.29) is 24.3 Å². The second-order valence-electron chi connectivity index (χ2n) is 5.75. The molecule has 0 aliphatic heterocycles. The number of amides is 2. The number of hydrogen-bond donors (Lipinski definition) is 1.